The third kappa shape index (κ3) is 20.4. The fourth-order valence-corrected chi connectivity index (χ4v) is 2.84. The second-order valence-electron chi connectivity index (χ2n) is 5.59. The summed E-state index contributed by atoms with van der Waals surface area (Å²) in [6, 6.07) is 0. The highest BCUT2D eigenvalue weighted by molar-refractivity contribution is 14.1. The summed E-state index contributed by atoms with van der Waals surface area (Å²) in [5.74, 6) is 0. The maximum atomic E-state index is 5.22. The molecule has 0 bridgehead atoms. The van der Waals surface area contributed by atoms with Gasteiger partial charge in [-0.3, -0.25) is 0 Å². The van der Waals surface area contributed by atoms with E-state index in [0.717, 1.165) is 13.0 Å². The van der Waals surface area contributed by atoms with Crippen LogP contribution in [0.2, 0.25) is 0 Å². The highest BCUT2D eigenvalue weighted by Crippen LogP contribution is 2.11. The summed E-state index contributed by atoms with van der Waals surface area (Å²) >= 11 is 2.47. The summed E-state index contributed by atoms with van der Waals surface area (Å²) < 4.78 is 11.4. The minimum absolute atomic E-state index is 0.409. The Hall–Kier alpha value is 0.390. The summed E-state index contributed by atoms with van der Waals surface area (Å²) in [6.45, 7) is 1.17. The van der Waals surface area contributed by atoms with Crippen LogP contribution < -0.4 is 0 Å². The third-order valence-corrected chi connectivity index (χ3v) is 4.31. The molecule has 0 aromatic rings. The second kappa shape index (κ2) is 20.4. The Kier molecular flexibility index (Phi) is 20.8. The maximum Gasteiger partial charge on any atom is 0.146 e. The summed E-state index contributed by atoms with van der Waals surface area (Å²) in [5, 5.41) is 0. The largest absolute Gasteiger partial charge is 0.359 e. The molecule has 0 heterocycles. The van der Waals surface area contributed by atoms with Crippen molar-refractivity contribution in [3.8, 4) is 0 Å². The van der Waals surface area contributed by atoms with Crippen LogP contribution in [0.1, 0.15) is 77.0 Å². The first-order valence-electron chi connectivity index (χ1n) is 8.69. The molecule has 21 heavy (non-hydrogen) atoms. The van der Waals surface area contributed by atoms with Gasteiger partial charge in [0.1, 0.15) is 6.79 Å². The number of methoxy groups -OCH3 is 1. The van der Waals surface area contributed by atoms with Gasteiger partial charge in [-0.25, -0.2) is 0 Å². The van der Waals surface area contributed by atoms with Gasteiger partial charge in [-0.05, 0) is 30.1 Å². The minimum Gasteiger partial charge on any atom is -0.359 e. The van der Waals surface area contributed by atoms with Gasteiger partial charge in [0.2, 0.25) is 0 Å². The number of alkyl halides is 1. The first-order valence-corrected chi connectivity index (χ1v) is 10.2. The molecule has 0 amide bonds. The number of unbranched alkanes of at least 4 members (excludes halogenated alkanes) is 10. The van der Waals surface area contributed by atoms with Crippen molar-refractivity contribution in [3.05, 3.63) is 12.2 Å². The predicted octanol–water partition coefficient (Wildman–Crippen LogP) is 6.28. The van der Waals surface area contributed by atoms with Crippen molar-refractivity contribution in [2.75, 3.05) is 24.9 Å². The van der Waals surface area contributed by atoms with Gasteiger partial charge in [0.25, 0.3) is 0 Å². The summed E-state index contributed by atoms with van der Waals surface area (Å²) in [5.41, 5.74) is 0. The molecule has 0 aromatic carbocycles. The van der Waals surface area contributed by atoms with Crippen LogP contribution in [0.25, 0.3) is 0 Å². The highest BCUT2D eigenvalue weighted by Gasteiger charge is 1.92. The lowest BCUT2D eigenvalue weighted by Crippen LogP contribution is -1.96. The van der Waals surface area contributed by atoms with Gasteiger partial charge in [0.15, 0.2) is 0 Å². The zero-order valence-corrected chi connectivity index (χ0v) is 16.1. The van der Waals surface area contributed by atoms with Crippen LogP contribution in [0.3, 0.4) is 0 Å². The van der Waals surface area contributed by atoms with Crippen molar-refractivity contribution < 1.29 is 9.47 Å². The molecule has 0 radical (unpaired) electrons. The van der Waals surface area contributed by atoms with E-state index in [0.29, 0.717) is 6.79 Å². The lowest BCUT2D eigenvalue weighted by Gasteiger charge is -2.01. The number of hydrogen-bond acceptors (Lipinski definition) is 2. The highest BCUT2D eigenvalue weighted by atomic mass is 127. The second-order valence-corrected chi connectivity index (χ2v) is 6.67. The number of rotatable bonds is 17. The molecule has 0 atom stereocenters. The molecular weight excluding hydrogens is 375 g/mol. The lowest BCUT2D eigenvalue weighted by atomic mass is 10.1. The van der Waals surface area contributed by atoms with E-state index in [1.807, 2.05) is 0 Å². The smallest absolute Gasteiger partial charge is 0.146 e. The number of ether oxygens (including phenoxy) is 2. The topological polar surface area (TPSA) is 18.5 Å². The molecule has 0 aromatic heterocycles. The van der Waals surface area contributed by atoms with Gasteiger partial charge in [-0.2, -0.15) is 0 Å². The molecule has 0 saturated carbocycles. The molecule has 0 N–H and O–H groups in total. The van der Waals surface area contributed by atoms with E-state index in [1.165, 1.54) is 75.1 Å². The SMILES string of the molecule is COCOCCC=CCCCCCCCCCCCCI. The van der Waals surface area contributed by atoms with Gasteiger partial charge in [-0.1, -0.05) is 86.1 Å². The fourth-order valence-electron chi connectivity index (χ4n) is 2.30. The van der Waals surface area contributed by atoms with E-state index >= 15 is 0 Å². The summed E-state index contributed by atoms with van der Waals surface area (Å²) in [4.78, 5) is 0. The standard InChI is InChI=1S/C18H35IO2/c1-20-18-21-17-15-13-11-9-7-5-3-2-4-6-8-10-12-14-16-19/h11,13H,2-10,12,14-18H2,1H3. The quantitative estimate of drug-likeness (QED) is 0.0924. The van der Waals surface area contributed by atoms with Crippen LogP contribution in [-0.2, 0) is 9.47 Å². The summed E-state index contributed by atoms with van der Waals surface area (Å²) in [7, 11) is 1.65. The van der Waals surface area contributed by atoms with E-state index in [-0.39, 0.29) is 0 Å². The maximum absolute atomic E-state index is 5.22. The predicted molar refractivity (Wildman–Crippen MR) is 101 cm³/mol. The lowest BCUT2D eigenvalue weighted by molar-refractivity contribution is -0.0285. The van der Waals surface area contributed by atoms with Crippen LogP contribution >= 0.6 is 22.6 Å². The molecule has 0 unspecified atom stereocenters. The Bertz CT molecular complexity index is 207. The average Bonchev–Trinajstić information content (AvgIpc) is 2.50. The van der Waals surface area contributed by atoms with Crippen LogP contribution in [0.5, 0.6) is 0 Å². The number of allylic oxidation sites excluding steroid dienone is 1. The molecule has 0 aliphatic rings. The minimum atomic E-state index is 0.409. The van der Waals surface area contributed by atoms with Crippen LogP contribution in [-0.4, -0.2) is 24.9 Å². The molecular formula is C18H35IO2. The first kappa shape index (κ1) is 21.4. The van der Waals surface area contributed by atoms with Crippen LogP contribution in [0, 0.1) is 0 Å². The Morgan fingerprint density at radius 3 is 1.81 bits per heavy atom. The number of halogens is 1. The van der Waals surface area contributed by atoms with Crippen molar-refractivity contribution in [2.45, 2.75) is 77.0 Å². The Morgan fingerprint density at radius 2 is 1.24 bits per heavy atom. The Balaban J connectivity index is 3.00. The van der Waals surface area contributed by atoms with Gasteiger partial charge in [0.05, 0.1) is 6.61 Å². The van der Waals surface area contributed by atoms with E-state index in [9.17, 15) is 0 Å². The molecule has 2 nitrogen and oxygen atoms in total. The zero-order valence-electron chi connectivity index (χ0n) is 14.0. The van der Waals surface area contributed by atoms with Gasteiger partial charge >= 0.3 is 0 Å². The molecule has 126 valence electrons. The van der Waals surface area contributed by atoms with Crippen molar-refractivity contribution in [1.82, 2.24) is 0 Å². The normalized spacial score (nSPS) is 11.5. The van der Waals surface area contributed by atoms with Crippen LogP contribution in [0.4, 0.5) is 0 Å². The number of hydrogen-bond donors (Lipinski definition) is 0. The molecule has 0 rings (SSSR count). The van der Waals surface area contributed by atoms with E-state index in [4.69, 9.17) is 9.47 Å². The molecule has 0 aliphatic carbocycles. The van der Waals surface area contributed by atoms with Gasteiger partial charge < -0.3 is 9.47 Å². The van der Waals surface area contributed by atoms with Crippen LogP contribution in [0.15, 0.2) is 12.2 Å². The van der Waals surface area contributed by atoms with E-state index in [2.05, 4.69) is 34.7 Å². The monoisotopic (exact) mass is 410 g/mol. The molecule has 3 heteroatoms. The Morgan fingerprint density at radius 1 is 0.714 bits per heavy atom. The molecule has 0 saturated heterocycles. The summed E-state index contributed by atoms with van der Waals surface area (Å²) in [6.07, 6.45) is 20.9. The van der Waals surface area contributed by atoms with Crippen molar-refractivity contribution >= 4 is 22.6 Å². The first-order chi connectivity index (χ1) is 10.4. The average molecular weight is 410 g/mol. The fraction of sp³-hybridized carbons (Fsp3) is 0.889. The molecule has 0 fully saturated rings. The van der Waals surface area contributed by atoms with Crippen molar-refractivity contribution in [2.24, 2.45) is 0 Å². The van der Waals surface area contributed by atoms with Crippen molar-refractivity contribution in [3.63, 3.8) is 0 Å². The van der Waals surface area contributed by atoms with Gasteiger partial charge in [0, 0.05) is 7.11 Å². The Labute approximate surface area is 146 Å². The third-order valence-electron chi connectivity index (χ3n) is 3.55. The molecule has 0 spiro atoms. The van der Waals surface area contributed by atoms with E-state index in [1.54, 1.807) is 7.11 Å². The van der Waals surface area contributed by atoms with Gasteiger partial charge in [-0.15, -0.1) is 0 Å². The van der Waals surface area contributed by atoms with E-state index < -0.39 is 0 Å². The van der Waals surface area contributed by atoms with Crippen molar-refractivity contribution in [1.29, 1.82) is 0 Å². The zero-order chi connectivity index (χ0) is 15.4. The molecule has 0 aliphatic heterocycles.